The van der Waals surface area contributed by atoms with Crippen molar-refractivity contribution in [1.82, 2.24) is 4.90 Å². The van der Waals surface area contributed by atoms with Crippen molar-refractivity contribution in [2.24, 2.45) is 0 Å². The van der Waals surface area contributed by atoms with E-state index in [4.69, 9.17) is 0 Å². The van der Waals surface area contributed by atoms with E-state index in [1.54, 1.807) is 6.07 Å². The lowest BCUT2D eigenvalue weighted by Gasteiger charge is -2.62. The van der Waals surface area contributed by atoms with Crippen LogP contribution in [-0.2, 0) is 16.6 Å². The summed E-state index contributed by atoms with van der Waals surface area (Å²) in [4.78, 5) is 14.4. The van der Waals surface area contributed by atoms with E-state index in [0.717, 1.165) is 30.5 Å². The number of benzene rings is 1. The van der Waals surface area contributed by atoms with Crippen molar-refractivity contribution < 1.29 is 15.0 Å². The molecule has 4 heteroatoms. The quantitative estimate of drug-likeness (QED) is 0.757. The van der Waals surface area contributed by atoms with Gasteiger partial charge in [-0.3, -0.25) is 4.79 Å². The van der Waals surface area contributed by atoms with Gasteiger partial charge in [0.2, 0.25) is 0 Å². The van der Waals surface area contributed by atoms with Crippen molar-refractivity contribution in [2.75, 3.05) is 13.6 Å². The molecule has 3 atom stereocenters. The van der Waals surface area contributed by atoms with Gasteiger partial charge in [0.1, 0.15) is 11.5 Å². The number of carbonyl (C=O) groups is 1. The maximum absolute atomic E-state index is 12.2. The highest BCUT2D eigenvalue weighted by Crippen LogP contribution is 2.58. The maximum Gasteiger partial charge on any atom is 0.134 e. The Morgan fingerprint density at radius 3 is 2.95 bits per heavy atom. The number of aliphatic hydroxyl groups is 1. The molecule has 0 amide bonds. The minimum atomic E-state index is -0.903. The molecule has 21 heavy (non-hydrogen) atoms. The first-order chi connectivity index (χ1) is 9.98. The van der Waals surface area contributed by atoms with Crippen LogP contribution in [0.2, 0.25) is 0 Å². The van der Waals surface area contributed by atoms with E-state index in [-0.39, 0.29) is 17.6 Å². The second-order valence-corrected chi connectivity index (χ2v) is 6.98. The fourth-order valence-electron chi connectivity index (χ4n) is 5.10. The van der Waals surface area contributed by atoms with Gasteiger partial charge < -0.3 is 15.1 Å². The van der Waals surface area contributed by atoms with Crippen LogP contribution in [0.15, 0.2) is 18.2 Å². The first-order valence-electron chi connectivity index (χ1n) is 7.74. The van der Waals surface area contributed by atoms with Crippen LogP contribution < -0.4 is 0 Å². The Hall–Kier alpha value is -1.39. The molecule has 2 bridgehead atoms. The normalized spacial score (nSPS) is 38.8. The summed E-state index contributed by atoms with van der Waals surface area (Å²) in [6.45, 7) is 0.855. The van der Waals surface area contributed by atoms with Crippen molar-refractivity contribution in [3.8, 4) is 5.75 Å². The van der Waals surface area contributed by atoms with Crippen molar-refractivity contribution >= 4 is 5.78 Å². The van der Waals surface area contributed by atoms with Gasteiger partial charge in [-0.05, 0) is 44.5 Å². The molecule has 0 radical (unpaired) electrons. The van der Waals surface area contributed by atoms with Crippen LogP contribution in [0.1, 0.15) is 36.8 Å². The van der Waals surface area contributed by atoms with E-state index in [1.807, 2.05) is 12.1 Å². The third-order valence-corrected chi connectivity index (χ3v) is 6.11. The Kier molecular flexibility index (Phi) is 2.58. The predicted octanol–water partition coefficient (Wildman–Crippen LogP) is 1.37. The van der Waals surface area contributed by atoms with Crippen LogP contribution in [0.25, 0.3) is 0 Å². The van der Waals surface area contributed by atoms with Gasteiger partial charge in [-0.15, -0.1) is 0 Å². The second kappa shape index (κ2) is 4.08. The van der Waals surface area contributed by atoms with Crippen LogP contribution in [-0.4, -0.2) is 46.1 Å². The van der Waals surface area contributed by atoms with E-state index < -0.39 is 11.0 Å². The number of nitrogens with zero attached hydrogens (tertiary/aromatic N) is 1. The largest absolute Gasteiger partial charge is 0.508 e. The molecule has 1 aromatic carbocycles. The van der Waals surface area contributed by atoms with Crippen molar-refractivity contribution in [3.05, 3.63) is 29.3 Å². The van der Waals surface area contributed by atoms with Gasteiger partial charge in [0.25, 0.3) is 0 Å². The lowest BCUT2D eigenvalue weighted by molar-refractivity contribution is -0.169. The Morgan fingerprint density at radius 1 is 1.33 bits per heavy atom. The van der Waals surface area contributed by atoms with Crippen LogP contribution in [0.3, 0.4) is 0 Å². The van der Waals surface area contributed by atoms with E-state index in [0.29, 0.717) is 19.3 Å². The summed E-state index contributed by atoms with van der Waals surface area (Å²) >= 11 is 0. The number of likely N-dealkylation sites (N-methyl/N-ethyl adjacent to an activating group) is 1. The molecule has 3 aliphatic rings. The molecule has 1 aliphatic heterocycles. The predicted molar refractivity (Wildman–Crippen MR) is 78.3 cm³/mol. The maximum atomic E-state index is 12.2. The number of hydrogen-bond donors (Lipinski definition) is 2. The van der Waals surface area contributed by atoms with Gasteiger partial charge >= 0.3 is 0 Å². The molecule has 0 aromatic heterocycles. The summed E-state index contributed by atoms with van der Waals surface area (Å²) in [6.07, 6.45) is 2.79. The Bertz CT molecular complexity index is 628. The highest BCUT2D eigenvalue weighted by Gasteiger charge is 2.64. The minimum absolute atomic E-state index is 0.0358. The molecule has 0 unspecified atom stereocenters. The van der Waals surface area contributed by atoms with Crippen LogP contribution in [0.5, 0.6) is 5.75 Å². The minimum Gasteiger partial charge on any atom is -0.508 e. The molecule has 0 spiro atoms. The number of rotatable bonds is 0. The number of phenols is 1. The SMILES string of the molecule is CN1CC[C@]23CC(=O)CC[C@@]2(O)[C@H]1Cc1cccc(O)c13. The van der Waals surface area contributed by atoms with Crippen molar-refractivity contribution in [2.45, 2.75) is 49.2 Å². The van der Waals surface area contributed by atoms with E-state index >= 15 is 0 Å². The number of aromatic hydroxyl groups is 1. The summed E-state index contributed by atoms with van der Waals surface area (Å²) in [6, 6.07) is 5.61. The molecule has 1 saturated carbocycles. The Balaban J connectivity index is 2.01. The number of piperidine rings is 1. The number of ketones is 1. The summed E-state index contributed by atoms with van der Waals surface area (Å²) < 4.78 is 0. The highest BCUT2D eigenvalue weighted by atomic mass is 16.3. The first kappa shape index (κ1) is 13.3. The number of Topliss-reactive ketones (excluding diaryl/α,β-unsaturated/α-hetero) is 1. The van der Waals surface area contributed by atoms with Gasteiger partial charge in [-0.25, -0.2) is 0 Å². The van der Waals surface area contributed by atoms with E-state index in [2.05, 4.69) is 11.9 Å². The zero-order valence-electron chi connectivity index (χ0n) is 12.3. The number of carbonyl (C=O) groups excluding carboxylic acids is 1. The van der Waals surface area contributed by atoms with Gasteiger partial charge in [0.15, 0.2) is 0 Å². The number of fused-ring (bicyclic) bond motifs is 1. The molecule has 1 aromatic rings. The summed E-state index contributed by atoms with van der Waals surface area (Å²) in [5.41, 5.74) is 0.425. The van der Waals surface area contributed by atoms with E-state index in [1.165, 1.54) is 0 Å². The van der Waals surface area contributed by atoms with Crippen LogP contribution in [0.4, 0.5) is 0 Å². The molecule has 2 fully saturated rings. The van der Waals surface area contributed by atoms with Crippen molar-refractivity contribution in [1.29, 1.82) is 0 Å². The van der Waals surface area contributed by atoms with E-state index in [9.17, 15) is 15.0 Å². The molecule has 1 saturated heterocycles. The molecule has 2 N–H and O–H groups in total. The summed E-state index contributed by atoms with van der Waals surface area (Å²) in [5, 5.41) is 21.9. The van der Waals surface area contributed by atoms with Gasteiger partial charge in [-0.1, -0.05) is 12.1 Å². The van der Waals surface area contributed by atoms with Gasteiger partial charge in [0, 0.05) is 29.9 Å². The topological polar surface area (TPSA) is 60.8 Å². The molecular weight excluding hydrogens is 266 g/mol. The zero-order valence-corrected chi connectivity index (χ0v) is 12.3. The standard InChI is InChI=1S/C17H21NO3/c1-18-8-7-16-10-12(19)5-6-17(16,21)14(18)9-11-3-2-4-13(20)15(11)16/h2-4,14,20-21H,5-10H2,1H3/t14-,16-,17-/m1/s1. The number of phenolic OH excluding ortho intramolecular Hbond substituents is 1. The molecule has 4 rings (SSSR count). The third kappa shape index (κ3) is 1.49. The number of likely N-dealkylation sites (tertiary alicyclic amines) is 1. The molecule has 112 valence electrons. The third-order valence-electron chi connectivity index (χ3n) is 6.11. The summed E-state index contributed by atoms with van der Waals surface area (Å²) in [5.74, 6) is 0.447. The average Bonchev–Trinajstić information content (AvgIpc) is 2.44. The molecular formula is C17H21NO3. The molecule has 4 nitrogen and oxygen atoms in total. The fourth-order valence-corrected chi connectivity index (χ4v) is 5.10. The number of hydrogen-bond acceptors (Lipinski definition) is 4. The van der Waals surface area contributed by atoms with Gasteiger partial charge in [-0.2, -0.15) is 0 Å². The second-order valence-electron chi connectivity index (χ2n) is 6.98. The van der Waals surface area contributed by atoms with Crippen LogP contribution in [0, 0.1) is 0 Å². The lowest BCUT2D eigenvalue weighted by Crippen LogP contribution is -2.72. The zero-order chi connectivity index (χ0) is 14.8. The molecule has 2 aliphatic carbocycles. The highest BCUT2D eigenvalue weighted by molar-refractivity contribution is 5.82. The van der Waals surface area contributed by atoms with Crippen molar-refractivity contribution in [3.63, 3.8) is 0 Å². The monoisotopic (exact) mass is 287 g/mol. The van der Waals surface area contributed by atoms with Gasteiger partial charge in [0.05, 0.1) is 5.60 Å². The summed E-state index contributed by atoms with van der Waals surface area (Å²) in [7, 11) is 2.05. The van der Waals surface area contributed by atoms with Crippen LogP contribution >= 0.6 is 0 Å². The lowest BCUT2D eigenvalue weighted by atomic mass is 9.49. The smallest absolute Gasteiger partial charge is 0.134 e. The Morgan fingerprint density at radius 2 is 2.14 bits per heavy atom. The Labute approximate surface area is 124 Å². The fraction of sp³-hybridized carbons (Fsp3) is 0.588. The average molecular weight is 287 g/mol. The first-order valence-corrected chi connectivity index (χ1v) is 7.74. The molecule has 1 heterocycles.